The summed E-state index contributed by atoms with van der Waals surface area (Å²) in [7, 11) is -2.45. The molecule has 4 N–H and O–H groups in total. The normalized spacial score (nSPS) is 19.1. The monoisotopic (exact) mass is 389 g/mol. The van der Waals surface area contributed by atoms with Crippen LogP contribution in [0.4, 0.5) is 5.69 Å². The highest BCUT2D eigenvalue weighted by Gasteiger charge is 2.35. The van der Waals surface area contributed by atoms with Crippen LogP contribution in [0.25, 0.3) is 11.4 Å². The van der Waals surface area contributed by atoms with Crippen molar-refractivity contribution in [3.05, 3.63) is 42.2 Å². The first-order chi connectivity index (χ1) is 12.8. The van der Waals surface area contributed by atoms with Gasteiger partial charge in [0.15, 0.2) is 5.82 Å². The molecule has 9 nitrogen and oxygen atoms in total. The number of benzene rings is 1. The molecule has 142 valence electrons. The van der Waals surface area contributed by atoms with Crippen molar-refractivity contribution in [1.29, 1.82) is 5.41 Å². The number of amidine groups is 1. The molecule has 2 aromatic rings. The molecule has 1 amide bonds. The number of amides is 1. The van der Waals surface area contributed by atoms with Gasteiger partial charge in [-0.05, 0) is 30.2 Å². The summed E-state index contributed by atoms with van der Waals surface area (Å²) >= 11 is 0. The Bertz CT molecular complexity index is 901. The fourth-order valence-corrected chi connectivity index (χ4v) is 4.01. The Morgan fingerprint density at radius 1 is 1.37 bits per heavy atom. The van der Waals surface area contributed by atoms with Gasteiger partial charge in [-0.25, -0.2) is 9.97 Å². The van der Waals surface area contributed by atoms with E-state index in [9.17, 15) is 14.3 Å². The quantitative estimate of drug-likeness (QED) is 0.387. The van der Waals surface area contributed by atoms with Crippen molar-refractivity contribution in [2.45, 2.75) is 6.42 Å². The first-order valence-electron chi connectivity index (χ1n) is 8.24. The zero-order chi connectivity index (χ0) is 19.6. The Morgan fingerprint density at radius 3 is 2.56 bits per heavy atom. The summed E-state index contributed by atoms with van der Waals surface area (Å²) in [6, 6.07) is 7.16. The summed E-state index contributed by atoms with van der Waals surface area (Å²) in [5.74, 6) is 0.0692. The van der Waals surface area contributed by atoms with Crippen LogP contribution in [0.15, 0.2) is 36.7 Å². The topological polar surface area (TPSA) is 142 Å². The lowest BCUT2D eigenvalue weighted by atomic mass is 10.1. The number of carbonyl (C=O) groups excluding carboxylic acids is 1. The Labute approximate surface area is 156 Å². The number of hydrogen-bond acceptors (Lipinski definition) is 6. The van der Waals surface area contributed by atoms with Crippen molar-refractivity contribution in [3.63, 3.8) is 0 Å². The van der Waals surface area contributed by atoms with Crippen LogP contribution in [-0.4, -0.2) is 46.4 Å². The SMILES string of the molecule is COP(=O)(O)CC1CC(=O)N(c2ccc(-c3ncc(C(=N)N)cn3)cc2)C1. The molecule has 0 saturated carbocycles. The third kappa shape index (κ3) is 4.39. The molecule has 0 bridgehead atoms. The van der Waals surface area contributed by atoms with E-state index < -0.39 is 7.60 Å². The average molecular weight is 389 g/mol. The van der Waals surface area contributed by atoms with E-state index >= 15 is 0 Å². The van der Waals surface area contributed by atoms with Crippen molar-refractivity contribution in [2.75, 3.05) is 24.7 Å². The van der Waals surface area contributed by atoms with Gasteiger partial charge in [0.05, 0.1) is 11.7 Å². The maximum atomic E-state index is 12.3. The number of anilines is 1. The summed E-state index contributed by atoms with van der Waals surface area (Å²) in [6.07, 6.45) is 3.14. The lowest BCUT2D eigenvalue weighted by Gasteiger charge is -2.18. The van der Waals surface area contributed by atoms with E-state index in [0.717, 1.165) is 5.56 Å². The fraction of sp³-hybridized carbons (Fsp3) is 0.294. The Balaban J connectivity index is 1.72. The van der Waals surface area contributed by atoms with Crippen LogP contribution >= 0.6 is 7.60 Å². The van der Waals surface area contributed by atoms with Crippen molar-refractivity contribution in [3.8, 4) is 11.4 Å². The van der Waals surface area contributed by atoms with E-state index in [1.54, 1.807) is 29.2 Å². The standard InChI is InChI=1S/C17H20N5O4P/c1-26-27(24,25)10-11-6-15(23)22(9-11)14-4-2-12(3-5-14)17-20-7-13(8-21-17)16(18)19/h2-5,7-8,11H,6,9-10H2,1H3,(H3,18,19)(H,24,25). The van der Waals surface area contributed by atoms with E-state index in [-0.39, 0.29) is 30.2 Å². The Kier molecular flexibility index (Phi) is 5.36. The largest absolute Gasteiger partial charge is 0.384 e. The predicted molar refractivity (Wildman–Crippen MR) is 101 cm³/mol. The van der Waals surface area contributed by atoms with E-state index in [1.807, 2.05) is 0 Å². The molecule has 1 saturated heterocycles. The zero-order valence-corrected chi connectivity index (χ0v) is 15.6. The number of nitrogen functional groups attached to an aromatic ring is 1. The molecule has 3 rings (SSSR count). The van der Waals surface area contributed by atoms with Gasteiger partial charge in [0.2, 0.25) is 5.91 Å². The number of carbonyl (C=O) groups is 1. The van der Waals surface area contributed by atoms with Gasteiger partial charge < -0.3 is 20.1 Å². The predicted octanol–water partition coefficient (Wildman–Crippen LogP) is 1.61. The average Bonchev–Trinajstić information content (AvgIpc) is 3.01. The van der Waals surface area contributed by atoms with Crippen LogP contribution < -0.4 is 10.6 Å². The third-order valence-electron chi connectivity index (χ3n) is 4.38. The highest BCUT2D eigenvalue weighted by atomic mass is 31.2. The van der Waals surface area contributed by atoms with Crippen molar-refractivity contribution in [2.24, 2.45) is 11.7 Å². The molecule has 1 aromatic heterocycles. The summed E-state index contributed by atoms with van der Waals surface area (Å²) in [6.45, 7) is 0.371. The van der Waals surface area contributed by atoms with Crippen LogP contribution in [0.5, 0.6) is 0 Å². The molecule has 1 fully saturated rings. The lowest BCUT2D eigenvalue weighted by Crippen LogP contribution is -2.24. The molecule has 27 heavy (non-hydrogen) atoms. The molecule has 2 unspecified atom stereocenters. The summed E-state index contributed by atoms with van der Waals surface area (Å²) in [5, 5.41) is 7.36. The molecule has 0 radical (unpaired) electrons. The van der Waals surface area contributed by atoms with Crippen LogP contribution in [0.2, 0.25) is 0 Å². The first-order valence-corrected chi connectivity index (χ1v) is 10.00. The summed E-state index contributed by atoms with van der Waals surface area (Å²) in [5.41, 5.74) is 7.30. The minimum Gasteiger partial charge on any atom is -0.384 e. The number of nitrogens with two attached hydrogens (primary N) is 1. The second-order valence-corrected chi connectivity index (χ2v) is 8.34. The second-order valence-electron chi connectivity index (χ2n) is 6.33. The third-order valence-corrected chi connectivity index (χ3v) is 5.93. The summed E-state index contributed by atoms with van der Waals surface area (Å²) in [4.78, 5) is 31.9. The number of aromatic nitrogens is 2. The van der Waals surface area contributed by atoms with E-state index in [0.29, 0.717) is 23.6 Å². The highest BCUT2D eigenvalue weighted by Crippen LogP contribution is 2.44. The molecule has 1 aliphatic heterocycles. The van der Waals surface area contributed by atoms with E-state index in [4.69, 9.17) is 11.1 Å². The molecule has 1 aliphatic rings. The van der Waals surface area contributed by atoms with Crippen LogP contribution in [0, 0.1) is 11.3 Å². The van der Waals surface area contributed by atoms with Gasteiger partial charge in [-0.3, -0.25) is 14.8 Å². The van der Waals surface area contributed by atoms with Gasteiger partial charge >= 0.3 is 7.60 Å². The van der Waals surface area contributed by atoms with E-state index in [1.165, 1.54) is 19.5 Å². The fourth-order valence-electron chi connectivity index (χ4n) is 2.96. The van der Waals surface area contributed by atoms with Crippen molar-refractivity contribution < 1.29 is 18.8 Å². The highest BCUT2D eigenvalue weighted by molar-refractivity contribution is 7.52. The molecule has 2 atom stereocenters. The van der Waals surface area contributed by atoms with Gasteiger partial charge in [0.1, 0.15) is 5.84 Å². The molecule has 0 aliphatic carbocycles. The maximum Gasteiger partial charge on any atom is 0.328 e. The Hall–Kier alpha value is -2.61. The molecule has 0 spiro atoms. The summed E-state index contributed by atoms with van der Waals surface area (Å²) < 4.78 is 16.3. The zero-order valence-electron chi connectivity index (χ0n) is 14.7. The smallest absolute Gasteiger partial charge is 0.328 e. The minimum atomic E-state index is -3.65. The number of nitrogens with zero attached hydrogens (tertiary/aromatic N) is 3. The van der Waals surface area contributed by atoms with Crippen LogP contribution in [-0.2, 0) is 13.9 Å². The van der Waals surface area contributed by atoms with Gasteiger partial charge in [-0.2, -0.15) is 0 Å². The number of hydrogen-bond donors (Lipinski definition) is 3. The van der Waals surface area contributed by atoms with Crippen LogP contribution in [0.3, 0.4) is 0 Å². The second kappa shape index (κ2) is 7.56. The molecule has 2 heterocycles. The van der Waals surface area contributed by atoms with Gasteiger partial charge in [-0.15, -0.1) is 0 Å². The first kappa shape index (κ1) is 19.2. The van der Waals surface area contributed by atoms with Crippen molar-refractivity contribution in [1.82, 2.24) is 9.97 Å². The molecule has 10 heteroatoms. The van der Waals surface area contributed by atoms with Gasteiger partial charge in [-0.1, -0.05) is 0 Å². The number of rotatable bonds is 6. The lowest BCUT2D eigenvalue weighted by molar-refractivity contribution is -0.117. The van der Waals surface area contributed by atoms with E-state index in [2.05, 4.69) is 14.5 Å². The van der Waals surface area contributed by atoms with Crippen molar-refractivity contribution >= 4 is 25.0 Å². The molecular weight excluding hydrogens is 369 g/mol. The molecule has 1 aromatic carbocycles. The molecular formula is C17H20N5O4P. The Morgan fingerprint density at radius 2 is 2.00 bits per heavy atom. The minimum absolute atomic E-state index is 0.0415. The van der Waals surface area contributed by atoms with Gasteiger partial charge in [0, 0.05) is 43.7 Å². The van der Waals surface area contributed by atoms with Crippen LogP contribution in [0.1, 0.15) is 12.0 Å². The number of nitrogens with one attached hydrogen (secondary N) is 1. The maximum absolute atomic E-state index is 12.3. The van der Waals surface area contributed by atoms with Gasteiger partial charge in [0.25, 0.3) is 0 Å².